The van der Waals surface area contributed by atoms with E-state index in [1.165, 1.54) is 19.1 Å². The molecule has 0 radical (unpaired) electrons. The van der Waals surface area contributed by atoms with Gasteiger partial charge >= 0.3 is 6.03 Å². The molecule has 1 atom stereocenters. The summed E-state index contributed by atoms with van der Waals surface area (Å²) in [4.78, 5) is 13.2. The lowest BCUT2D eigenvalue weighted by molar-refractivity contribution is -0.152. The van der Waals surface area contributed by atoms with Crippen LogP contribution in [0.3, 0.4) is 0 Å². The lowest BCUT2D eigenvalue weighted by Crippen LogP contribution is -2.57. The van der Waals surface area contributed by atoms with Crippen LogP contribution in [0, 0.1) is 5.41 Å². The molecule has 1 rings (SSSR count). The van der Waals surface area contributed by atoms with Crippen molar-refractivity contribution in [3.05, 3.63) is 0 Å². The zero-order chi connectivity index (χ0) is 13.1. The number of ether oxygens (including phenoxy) is 3. The summed E-state index contributed by atoms with van der Waals surface area (Å²) in [6.45, 7) is 2.47. The van der Waals surface area contributed by atoms with Crippen LogP contribution in [0.4, 0.5) is 4.79 Å². The Bertz CT molecular complexity index is 306. The van der Waals surface area contributed by atoms with Crippen LogP contribution in [-0.4, -0.2) is 63.1 Å². The Balaban J connectivity index is 2.97. The summed E-state index contributed by atoms with van der Waals surface area (Å²) in [5, 5.41) is 10.3. The minimum absolute atomic E-state index is 0.0623. The second-order valence-corrected chi connectivity index (χ2v) is 3.90. The summed E-state index contributed by atoms with van der Waals surface area (Å²) in [5.41, 5.74) is -0.959. The molecule has 17 heavy (non-hydrogen) atoms. The van der Waals surface area contributed by atoms with E-state index in [9.17, 15) is 4.79 Å². The third kappa shape index (κ3) is 2.26. The third-order valence-electron chi connectivity index (χ3n) is 2.95. The first-order valence-corrected chi connectivity index (χ1v) is 5.24. The van der Waals surface area contributed by atoms with Crippen LogP contribution in [-0.2, 0) is 14.2 Å². The number of nitrogens with zero attached hydrogens (tertiary/aromatic N) is 1. The van der Waals surface area contributed by atoms with Crippen LogP contribution >= 0.6 is 0 Å². The van der Waals surface area contributed by atoms with E-state index < -0.39 is 11.8 Å². The number of hydrogen-bond donors (Lipinski definition) is 2. The predicted molar refractivity (Wildman–Crippen MR) is 61.1 cm³/mol. The fourth-order valence-corrected chi connectivity index (χ4v) is 1.96. The van der Waals surface area contributed by atoms with Gasteiger partial charge in [-0.05, 0) is 6.92 Å². The van der Waals surface area contributed by atoms with Gasteiger partial charge in [0.25, 0.3) is 0 Å². The van der Waals surface area contributed by atoms with E-state index in [0.29, 0.717) is 13.2 Å². The highest BCUT2D eigenvalue weighted by atomic mass is 16.7. The van der Waals surface area contributed by atoms with Gasteiger partial charge in [-0.25, -0.2) is 4.79 Å². The number of carbonyl (C=O) groups excluding carboxylic acids is 1. The van der Waals surface area contributed by atoms with Crippen LogP contribution in [0.2, 0.25) is 0 Å². The molecule has 1 aliphatic rings. The van der Waals surface area contributed by atoms with Gasteiger partial charge in [0.1, 0.15) is 11.4 Å². The SMILES string of the molecule is COCCN1C(=O)NC(=N)C1(C)C(OC)OC. The van der Waals surface area contributed by atoms with Crippen LogP contribution in [0.25, 0.3) is 0 Å². The number of nitrogens with one attached hydrogen (secondary N) is 2. The van der Waals surface area contributed by atoms with Crippen molar-refractivity contribution >= 4 is 11.9 Å². The highest BCUT2D eigenvalue weighted by Crippen LogP contribution is 2.27. The minimum Gasteiger partial charge on any atom is -0.383 e. The van der Waals surface area contributed by atoms with E-state index in [4.69, 9.17) is 19.6 Å². The Morgan fingerprint density at radius 1 is 1.41 bits per heavy atom. The van der Waals surface area contributed by atoms with Crippen molar-refractivity contribution in [3.8, 4) is 0 Å². The zero-order valence-corrected chi connectivity index (χ0v) is 10.6. The molecule has 0 bridgehead atoms. The zero-order valence-electron chi connectivity index (χ0n) is 10.6. The van der Waals surface area contributed by atoms with Gasteiger partial charge in [0.15, 0.2) is 6.29 Å². The Morgan fingerprint density at radius 3 is 2.47 bits per heavy atom. The van der Waals surface area contributed by atoms with Crippen molar-refractivity contribution < 1.29 is 19.0 Å². The second-order valence-electron chi connectivity index (χ2n) is 3.90. The van der Waals surface area contributed by atoms with E-state index in [2.05, 4.69) is 5.32 Å². The summed E-state index contributed by atoms with van der Waals surface area (Å²) in [6, 6.07) is -0.339. The molecule has 0 saturated carbocycles. The molecular formula is C10H19N3O4. The van der Waals surface area contributed by atoms with Crippen LogP contribution < -0.4 is 5.32 Å². The maximum Gasteiger partial charge on any atom is 0.323 e. The first-order valence-electron chi connectivity index (χ1n) is 5.24. The largest absolute Gasteiger partial charge is 0.383 e. The molecular weight excluding hydrogens is 226 g/mol. The Morgan fingerprint density at radius 2 is 2.00 bits per heavy atom. The quantitative estimate of drug-likeness (QED) is 0.646. The molecule has 1 aliphatic heterocycles. The standard InChI is InChI=1S/C10H19N3O4/c1-10(8(16-3)17-4)7(11)12-9(14)13(10)5-6-15-2/h8H,5-6H2,1-4H3,(H2,11,12,14). The maximum absolute atomic E-state index is 11.7. The van der Waals surface area contributed by atoms with E-state index >= 15 is 0 Å². The first-order chi connectivity index (χ1) is 8.02. The Labute approximate surface area is 101 Å². The maximum atomic E-state index is 11.7. The number of rotatable bonds is 6. The van der Waals surface area contributed by atoms with Crippen molar-refractivity contribution in [2.45, 2.75) is 18.8 Å². The average Bonchev–Trinajstić information content (AvgIpc) is 2.50. The predicted octanol–water partition coefficient (Wildman–Crippen LogP) is 0.0129. The number of hydrogen-bond acceptors (Lipinski definition) is 5. The molecule has 7 heteroatoms. The molecule has 1 heterocycles. The normalized spacial score (nSPS) is 24.6. The van der Waals surface area contributed by atoms with Gasteiger partial charge in [-0.15, -0.1) is 0 Å². The number of amides is 2. The topological polar surface area (TPSA) is 83.9 Å². The van der Waals surface area contributed by atoms with Crippen LogP contribution in [0.15, 0.2) is 0 Å². The molecule has 0 aliphatic carbocycles. The second kappa shape index (κ2) is 5.44. The molecule has 7 nitrogen and oxygen atoms in total. The number of amidine groups is 1. The molecule has 0 aromatic carbocycles. The molecule has 0 spiro atoms. The fourth-order valence-electron chi connectivity index (χ4n) is 1.96. The van der Waals surface area contributed by atoms with Gasteiger partial charge in [-0.1, -0.05) is 0 Å². The van der Waals surface area contributed by atoms with Gasteiger partial charge in [0, 0.05) is 27.9 Å². The molecule has 1 fully saturated rings. The van der Waals surface area contributed by atoms with Gasteiger partial charge in [-0.2, -0.15) is 0 Å². The van der Waals surface area contributed by atoms with Crippen molar-refractivity contribution in [1.29, 1.82) is 5.41 Å². The van der Waals surface area contributed by atoms with Crippen molar-refractivity contribution in [2.75, 3.05) is 34.5 Å². The number of carbonyl (C=O) groups is 1. The Hall–Kier alpha value is -1.18. The molecule has 1 unspecified atom stereocenters. The molecule has 2 N–H and O–H groups in total. The fraction of sp³-hybridized carbons (Fsp3) is 0.800. The van der Waals surface area contributed by atoms with Gasteiger partial charge in [0.2, 0.25) is 0 Å². The summed E-state index contributed by atoms with van der Waals surface area (Å²) >= 11 is 0. The van der Waals surface area contributed by atoms with E-state index in [-0.39, 0.29) is 11.9 Å². The molecule has 2 amide bonds. The van der Waals surface area contributed by atoms with E-state index in [0.717, 1.165) is 0 Å². The smallest absolute Gasteiger partial charge is 0.323 e. The molecule has 98 valence electrons. The van der Waals surface area contributed by atoms with Crippen LogP contribution in [0.1, 0.15) is 6.92 Å². The molecule has 1 saturated heterocycles. The van der Waals surface area contributed by atoms with Gasteiger partial charge in [0.05, 0.1) is 6.61 Å². The van der Waals surface area contributed by atoms with E-state index in [1.807, 2.05) is 0 Å². The monoisotopic (exact) mass is 245 g/mol. The molecule has 0 aromatic rings. The summed E-state index contributed by atoms with van der Waals surface area (Å²) in [5.74, 6) is 0.0623. The highest BCUT2D eigenvalue weighted by Gasteiger charge is 2.52. The minimum atomic E-state index is -0.959. The van der Waals surface area contributed by atoms with Gasteiger partial charge in [-0.3, -0.25) is 10.7 Å². The number of urea groups is 1. The summed E-state index contributed by atoms with van der Waals surface area (Å²) in [7, 11) is 4.51. The summed E-state index contributed by atoms with van der Waals surface area (Å²) < 4.78 is 15.3. The number of methoxy groups -OCH3 is 3. The average molecular weight is 245 g/mol. The third-order valence-corrected chi connectivity index (χ3v) is 2.95. The van der Waals surface area contributed by atoms with Crippen molar-refractivity contribution in [3.63, 3.8) is 0 Å². The van der Waals surface area contributed by atoms with Crippen LogP contribution in [0.5, 0.6) is 0 Å². The lowest BCUT2D eigenvalue weighted by atomic mass is 9.99. The highest BCUT2D eigenvalue weighted by molar-refractivity contribution is 6.08. The van der Waals surface area contributed by atoms with Crippen molar-refractivity contribution in [2.24, 2.45) is 0 Å². The Kier molecular flexibility index (Phi) is 4.44. The summed E-state index contributed by atoms with van der Waals surface area (Å²) in [6.07, 6.45) is -0.703. The van der Waals surface area contributed by atoms with E-state index in [1.54, 1.807) is 14.0 Å². The van der Waals surface area contributed by atoms with Gasteiger partial charge < -0.3 is 19.1 Å². The lowest BCUT2D eigenvalue weighted by Gasteiger charge is -2.37. The van der Waals surface area contributed by atoms with Crippen molar-refractivity contribution in [1.82, 2.24) is 10.2 Å². The first kappa shape index (κ1) is 13.9. The molecule has 0 aromatic heterocycles.